The molecule has 2 atom stereocenters. The summed E-state index contributed by atoms with van der Waals surface area (Å²) in [7, 11) is -1.64. The molecular weight excluding hydrogens is 451 g/mol. The van der Waals surface area contributed by atoms with Gasteiger partial charge in [-0.1, -0.05) is 18.2 Å². The van der Waals surface area contributed by atoms with E-state index in [1.54, 1.807) is 31.3 Å². The van der Waals surface area contributed by atoms with Gasteiger partial charge in [0.1, 0.15) is 0 Å². The molecule has 3 heterocycles. The van der Waals surface area contributed by atoms with Gasteiger partial charge in [-0.25, -0.2) is 0 Å². The second-order valence-corrected chi connectivity index (χ2v) is 9.19. The second kappa shape index (κ2) is 10.2. The van der Waals surface area contributed by atoms with Gasteiger partial charge >= 0.3 is 13.3 Å². The molecule has 2 aliphatic heterocycles. The quantitative estimate of drug-likeness (QED) is 0.398. The van der Waals surface area contributed by atoms with Gasteiger partial charge in [0.2, 0.25) is 0 Å². The van der Waals surface area contributed by atoms with Gasteiger partial charge in [0.15, 0.2) is 0 Å². The summed E-state index contributed by atoms with van der Waals surface area (Å²) in [4.78, 5) is 8.08. The number of anilines is 1. The average Bonchev–Trinajstić information content (AvgIpc) is 2.75. The molecule has 1 aromatic heterocycles. The van der Waals surface area contributed by atoms with Gasteiger partial charge in [-0.15, -0.1) is 0 Å². The first-order chi connectivity index (χ1) is 16.1. The maximum atomic E-state index is 13.4. The smallest absolute Gasteiger partial charge is 0.423 e. The third-order valence-electron chi connectivity index (χ3n) is 6.54. The van der Waals surface area contributed by atoms with Crippen LogP contribution in [0.15, 0.2) is 36.5 Å². The molecule has 2 aromatic rings. The van der Waals surface area contributed by atoms with Crippen LogP contribution < -0.4 is 10.8 Å². The zero-order valence-electron chi connectivity index (χ0n) is 19.0. The van der Waals surface area contributed by atoms with Crippen LogP contribution in [0.4, 0.5) is 23.2 Å². The fraction of sp³-hybridized carbons (Fsp3) is 0.522. The van der Waals surface area contributed by atoms with Crippen molar-refractivity contribution in [3.05, 3.63) is 53.3 Å². The summed E-state index contributed by atoms with van der Waals surface area (Å²) in [6, 6.07) is 7.50. The predicted octanol–water partition coefficient (Wildman–Crippen LogP) is 2.12. The van der Waals surface area contributed by atoms with E-state index in [1.165, 1.54) is 11.0 Å². The molecule has 184 valence electrons. The van der Waals surface area contributed by atoms with Crippen LogP contribution in [-0.2, 0) is 6.42 Å². The SMILES string of the molecule is C[C@@H]1Cc2cc(B(O)O)ccc2C(c2ccc(NC3CN(CCCF)C3)cn2)N1CC(F)(F)F. The van der Waals surface area contributed by atoms with Crippen LogP contribution in [0.5, 0.6) is 0 Å². The number of nitrogens with zero attached hydrogens (tertiary/aromatic N) is 3. The lowest BCUT2D eigenvalue weighted by Crippen LogP contribution is -2.54. The molecule has 1 aromatic carbocycles. The predicted molar refractivity (Wildman–Crippen MR) is 123 cm³/mol. The lowest BCUT2D eigenvalue weighted by Gasteiger charge is -2.42. The van der Waals surface area contributed by atoms with E-state index in [0.29, 0.717) is 29.6 Å². The molecule has 0 spiro atoms. The van der Waals surface area contributed by atoms with Crippen LogP contribution >= 0.6 is 0 Å². The molecule has 4 rings (SSSR count). The van der Waals surface area contributed by atoms with Gasteiger partial charge in [-0.05, 0) is 48.5 Å². The Hall–Kier alpha value is -2.21. The van der Waals surface area contributed by atoms with Crippen molar-refractivity contribution in [3.63, 3.8) is 0 Å². The minimum atomic E-state index is -4.37. The molecule has 0 radical (unpaired) electrons. The molecule has 6 nitrogen and oxygen atoms in total. The Labute approximate surface area is 196 Å². The van der Waals surface area contributed by atoms with Gasteiger partial charge < -0.3 is 15.4 Å². The molecule has 1 fully saturated rings. The summed E-state index contributed by atoms with van der Waals surface area (Å²) in [6.07, 6.45) is -1.85. The zero-order chi connectivity index (χ0) is 24.5. The van der Waals surface area contributed by atoms with E-state index in [1.807, 2.05) is 6.07 Å². The Balaban J connectivity index is 1.56. The molecule has 2 aliphatic rings. The van der Waals surface area contributed by atoms with Gasteiger partial charge in [-0.3, -0.25) is 19.2 Å². The highest BCUT2D eigenvalue weighted by atomic mass is 19.4. The number of halogens is 4. The van der Waals surface area contributed by atoms with Gasteiger partial charge in [0.05, 0.1) is 42.9 Å². The standard InChI is InChI=1S/C23H29BF4N4O2/c1-15-9-16-10-17(24(33)34)3-5-20(16)22(32(15)14-23(26,27)28)21-6-4-18(11-29-21)30-19-12-31(13-19)8-2-7-25/h3-6,10-11,15,19,22,30,33-34H,2,7-9,12-14H2,1H3/t15-,22?/m1/s1. The molecule has 1 unspecified atom stereocenters. The van der Waals surface area contributed by atoms with E-state index in [9.17, 15) is 27.6 Å². The van der Waals surface area contributed by atoms with E-state index in [0.717, 1.165) is 30.9 Å². The molecule has 0 saturated carbocycles. The third kappa shape index (κ3) is 5.71. The number of alkyl halides is 4. The number of benzene rings is 1. The molecule has 0 amide bonds. The molecule has 34 heavy (non-hydrogen) atoms. The van der Waals surface area contributed by atoms with E-state index in [4.69, 9.17) is 0 Å². The highest BCUT2D eigenvalue weighted by Gasteiger charge is 2.41. The largest absolute Gasteiger partial charge is 0.488 e. The van der Waals surface area contributed by atoms with Crippen LogP contribution in [-0.4, -0.2) is 83.1 Å². The van der Waals surface area contributed by atoms with E-state index < -0.39 is 31.9 Å². The Morgan fingerprint density at radius 1 is 1.18 bits per heavy atom. The number of hydrogen-bond donors (Lipinski definition) is 3. The minimum Gasteiger partial charge on any atom is -0.423 e. The number of nitrogens with one attached hydrogen (secondary N) is 1. The number of hydrogen-bond acceptors (Lipinski definition) is 6. The molecule has 1 saturated heterocycles. The number of aromatic nitrogens is 1. The van der Waals surface area contributed by atoms with Crippen molar-refractivity contribution in [2.24, 2.45) is 0 Å². The van der Waals surface area contributed by atoms with Crippen molar-refractivity contribution in [2.75, 3.05) is 38.2 Å². The molecule has 0 bridgehead atoms. The number of pyridine rings is 1. The lowest BCUT2D eigenvalue weighted by atomic mass is 9.76. The van der Waals surface area contributed by atoms with E-state index >= 15 is 0 Å². The summed E-state index contributed by atoms with van der Waals surface area (Å²) in [5.74, 6) is 0. The maximum Gasteiger partial charge on any atom is 0.488 e. The Morgan fingerprint density at radius 3 is 2.56 bits per heavy atom. The molecular formula is C23H29BF4N4O2. The number of rotatable bonds is 8. The highest BCUT2D eigenvalue weighted by molar-refractivity contribution is 6.58. The summed E-state index contributed by atoms with van der Waals surface area (Å²) >= 11 is 0. The number of fused-ring (bicyclic) bond motifs is 1. The van der Waals surface area contributed by atoms with Crippen LogP contribution in [0.1, 0.15) is 36.2 Å². The highest BCUT2D eigenvalue weighted by Crippen LogP contribution is 2.38. The fourth-order valence-corrected chi connectivity index (χ4v) is 4.90. The van der Waals surface area contributed by atoms with Gasteiger partial charge in [0, 0.05) is 25.7 Å². The van der Waals surface area contributed by atoms with Gasteiger partial charge in [-0.2, -0.15) is 13.2 Å². The van der Waals surface area contributed by atoms with Crippen LogP contribution in [0.2, 0.25) is 0 Å². The van der Waals surface area contributed by atoms with E-state index in [-0.39, 0.29) is 12.7 Å². The molecule has 0 aliphatic carbocycles. The lowest BCUT2D eigenvalue weighted by molar-refractivity contribution is -0.155. The van der Waals surface area contributed by atoms with Crippen LogP contribution in [0.3, 0.4) is 0 Å². The van der Waals surface area contributed by atoms with Crippen molar-refractivity contribution < 1.29 is 27.6 Å². The summed E-state index contributed by atoms with van der Waals surface area (Å²) in [5.41, 5.74) is 3.06. The third-order valence-corrected chi connectivity index (χ3v) is 6.54. The Kier molecular flexibility index (Phi) is 7.46. The van der Waals surface area contributed by atoms with Crippen molar-refractivity contribution >= 4 is 18.3 Å². The first-order valence-electron chi connectivity index (χ1n) is 11.5. The zero-order valence-corrected chi connectivity index (χ0v) is 19.0. The Bertz CT molecular complexity index is 970. The number of likely N-dealkylation sites (tertiary alicyclic amines) is 1. The topological polar surface area (TPSA) is 71.9 Å². The second-order valence-electron chi connectivity index (χ2n) is 9.19. The molecule has 11 heteroatoms. The minimum absolute atomic E-state index is 0.229. The average molecular weight is 480 g/mol. The normalized spacial score (nSPS) is 21.7. The van der Waals surface area contributed by atoms with E-state index in [2.05, 4.69) is 15.2 Å². The van der Waals surface area contributed by atoms with Crippen LogP contribution in [0.25, 0.3) is 0 Å². The maximum absolute atomic E-state index is 13.4. The van der Waals surface area contributed by atoms with Crippen LogP contribution in [0, 0.1) is 0 Å². The summed E-state index contributed by atoms with van der Waals surface area (Å²) < 4.78 is 52.6. The van der Waals surface area contributed by atoms with Crippen molar-refractivity contribution in [2.45, 2.75) is 44.1 Å². The Morgan fingerprint density at radius 2 is 1.94 bits per heavy atom. The first-order valence-corrected chi connectivity index (χ1v) is 11.5. The van der Waals surface area contributed by atoms with Crippen molar-refractivity contribution in [1.29, 1.82) is 0 Å². The van der Waals surface area contributed by atoms with Gasteiger partial charge in [0.25, 0.3) is 0 Å². The molecule has 3 N–H and O–H groups in total. The van der Waals surface area contributed by atoms with Crippen molar-refractivity contribution in [1.82, 2.24) is 14.8 Å². The monoisotopic (exact) mass is 480 g/mol. The first kappa shape index (κ1) is 24.9. The summed E-state index contributed by atoms with van der Waals surface area (Å²) in [5, 5.41) is 22.4. The fourth-order valence-electron chi connectivity index (χ4n) is 4.90. The summed E-state index contributed by atoms with van der Waals surface area (Å²) in [6.45, 7) is 2.71. The van der Waals surface area contributed by atoms with Crippen molar-refractivity contribution in [3.8, 4) is 0 Å².